The molecule has 1 aliphatic carbocycles. The second-order valence-electron chi connectivity index (χ2n) is 4.76. The Balaban J connectivity index is 2.13. The third-order valence-corrected chi connectivity index (χ3v) is 4.00. The van der Waals surface area contributed by atoms with Crippen LogP contribution in [0.2, 0.25) is 10.0 Å². The Kier molecular flexibility index (Phi) is 4.47. The molecule has 6 nitrogen and oxygen atoms in total. The number of halogens is 2. The second-order valence-corrected chi connectivity index (χ2v) is 5.54. The van der Waals surface area contributed by atoms with Crippen LogP contribution in [0.3, 0.4) is 0 Å². The van der Waals surface area contributed by atoms with Crippen LogP contribution in [-0.4, -0.2) is 23.4 Å². The van der Waals surface area contributed by atoms with Crippen molar-refractivity contribution < 1.29 is 9.72 Å². The van der Waals surface area contributed by atoms with Gasteiger partial charge in [0, 0.05) is 24.7 Å². The molecule has 108 valence electrons. The number of nitrogens with two attached hydrogens (primary N) is 1. The van der Waals surface area contributed by atoms with E-state index >= 15 is 0 Å². The molecule has 0 radical (unpaired) electrons. The largest absolute Gasteiger partial charge is 0.350 e. The fraction of sp³-hybridized carbons (Fsp3) is 0.417. The molecule has 0 spiro atoms. The molecule has 20 heavy (non-hydrogen) atoms. The first kappa shape index (κ1) is 15.0. The number of non-ortho nitro benzene ring substituents is 1. The van der Waals surface area contributed by atoms with Crippen LogP contribution in [-0.2, 0) is 0 Å². The number of hydrogen-bond donors (Lipinski definition) is 2. The molecule has 1 unspecified atom stereocenters. The minimum Gasteiger partial charge on any atom is -0.350 e. The summed E-state index contributed by atoms with van der Waals surface area (Å²) in [6, 6.07) is 2.11. The average Bonchev–Trinajstić information content (AvgIpc) is 3.22. The first-order valence-corrected chi connectivity index (χ1v) is 6.83. The van der Waals surface area contributed by atoms with Gasteiger partial charge in [-0.2, -0.15) is 0 Å². The highest BCUT2D eigenvalue weighted by Gasteiger charge is 2.29. The minimum atomic E-state index is -0.630. The zero-order chi connectivity index (χ0) is 14.9. The van der Waals surface area contributed by atoms with Gasteiger partial charge in [-0.25, -0.2) is 0 Å². The van der Waals surface area contributed by atoms with Gasteiger partial charge < -0.3 is 11.1 Å². The Bertz CT molecular complexity index is 561. The minimum absolute atomic E-state index is 0.00485. The van der Waals surface area contributed by atoms with Crippen LogP contribution in [0.1, 0.15) is 23.2 Å². The van der Waals surface area contributed by atoms with Crippen molar-refractivity contribution in [2.75, 3.05) is 6.54 Å². The molecule has 0 saturated heterocycles. The molecule has 0 heterocycles. The highest BCUT2D eigenvalue weighted by atomic mass is 35.5. The number of carbonyl (C=O) groups excluding carboxylic acids is 1. The lowest BCUT2D eigenvalue weighted by Crippen LogP contribution is -2.38. The van der Waals surface area contributed by atoms with Crippen molar-refractivity contribution in [3.05, 3.63) is 37.9 Å². The SMILES string of the molecule is NC(CNC(=O)c1cc([N+](=O)[O-])cc(Cl)c1Cl)C1CC1. The number of hydrogen-bond acceptors (Lipinski definition) is 4. The molecular weight excluding hydrogens is 305 g/mol. The van der Waals surface area contributed by atoms with Gasteiger partial charge in [0.2, 0.25) is 0 Å². The first-order valence-electron chi connectivity index (χ1n) is 6.07. The fourth-order valence-corrected chi connectivity index (χ4v) is 2.25. The number of nitro benzene ring substituents is 1. The van der Waals surface area contributed by atoms with Crippen molar-refractivity contribution in [1.29, 1.82) is 0 Å². The molecule has 0 bridgehead atoms. The van der Waals surface area contributed by atoms with E-state index in [0.717, 1.165) is 25.0 Å². The number of nitrogens with zero attached hydrogens (tertiary/aromatic N) is 1. The molecule has 1 aliphatic rings. The topological polar surface area (TPSA) is 98.3 Å². The van der Waals surface area contributed by atoms with Crippen LogP contribution in [0.15, 0.2) is 12.1 Å². The van der Waals surface area contributed by atoms with Gasteiger partial charge in [-0.15, -0.1) is 0 Å². The van der Waals surface area contributed by atoms with Gasteiger partial charge in [0.05, 0.1) is 20.5 Å². The molecule has 1 fully saturated rings. The summed E-state index contributed by atoms with van der Waals surface area (Å²) in [5.41, 5.74) is 5.57. The molecule has 1 amide bonds. The highest BCUT2D eigenvalue weighted by Crippen LogP contribution is 2.32. The summed E-state index contributed by atoms with van der Waals surface area (Å²) in [6.45, 7) is 0.306. The van der Waals surface area contributed by atoms with Crippen LogP contribution in [0, 0.1) is 16.0 Å². The van der Waals surface area contributed by atoms with Crippen molar-refractivity contribution in [3.8, 4) is 0 Å². The van der Waals surface area contributed by atoms with E-state index in [1.807, 2.05) is 0 Å². The maximum Gasteiger partial charge on any atom is 0.271 e. The molecule has 1 aromatic rings. The van der Waals surface area contributed by atoms with E-state index < -0.39 is 10.8 Å². The van der Waals surface area contributed by atoms with E-state index in [0.29, 0.717) is 12.5 Å². The summed E-state index contributed by atoms with van der Waals surface area (Å²) in [7, 11) is 0. The zero-order valence-electron chi connectivity index (χ0n) is 10.4. The Hall–Kier alpha value is -1.37. The third-order valence-electron chi connectivity index (χ3n) is 3.19. The summed E-state index contributed by atoms with van der Waals surface area (Å²) < 4.78 is 0. The normalized spacial score (nSPS) is 15.8. The lowest BCUT2D eigenvalue weighted by atomic mass is 10.1. The van der Waals surface area contributed by atoms with Gasteiger partial charge >= 0.3 is 0 Å². The maximum absolute atomic E-state index is 12.0. The quantitative estimate of drug-likeness (QED) is 0.643. The third kappa shape index (κ3) is 3.39. The van der Waals surface area contributed by atoms with Crippen molar-refractivity contribution in [1.82, 2.24) is 5.32 Å². The number of amides is 1. The first-order chi connectivity index (χ1) is 9.40. The second kappa shape index (κ2) is 5.95. The monoisotopic (exact) mass is 317 g/mol. The van der Waals surface area contributed by atoms with E-state index in [-0.39, 0.29) is 27.3 Å². The molecule has 1 atom stereocenters. The van der Waals surface area contributed by atoms with Gasteiger partial charge in [0.15, 0.2) is 0 Å². The number of rotatable bonds is 5. The number of benzene rings is 1. The molecule has 0 aliphatic heterocycles. The van der Waals surface area contributed by atoms with Gasteiger partial charge in [0.1, 0.15) is 0 Å². The smallest absolute Gasteiger partial charge is 0.271 e. The molecular formula is C12H13Cl2N3O3. The van der Waals surface area contributed by atoms with Crippen molar-refractivity contribution in [2.24, 2.45) is 11.7 Å². The van der Waals surface area contributed by atoms with Crippen LogP contribution < -0.4 is 11.1 Å². The number of nitro groups is 1. The van der Waals surface area contributed by atoms with E-state index in [4.69, 9.17) is 28.9 Å². The Morgan fingerprint density at radius 3 is 2.70 bits per heavy atom. The summed E-state index contributed by atoms with van der Waals surface area (Å²) in [5, 5.41) is 13.3. The molecule has 2 rings (SSSR count). The summed E-state index contributed by atoms with van der Waals surface area (Å²) >= 11 is 11.7. The van der Waals surface area contributed by atoms with Crippen LogP contribution in [0.25, 0.3) is 0 Å². The summed E-state index contributed by atoms with van der Waals surface area (Å²) in [4.78, 5) is 22.1. The van der Waals surface area contributed by atoms with E-state index in [1.165, 1.54) is 0 Å². The van der Waals surface area contributed by atoms with Gasteiger partial charge in [-0.1, -0.05) is 23.2 Å². The average molecular weight is 318 g/mol. The van der Waals surface area contributed by atoms with Crippen molar-refractivity contribution >= 4 is 34.8 Å². The van der Waals surface area contributed by atoms with E-state index in [1.54, 1.807) is 0 Å². The summed E-state index contributed by atoms with van der Waals surface area (Å²) in [5.74, 6) is -0.0730. The van der Waals surface area contributed by atoms with Crippen LogP contribution in [0.4, 0.5) is 5.69 Å². The standard InChI is InChI=1S/C12H13Cl2N3O3/c13-9-4-7(17(19)20)3-8(11(9)14)12(18)16-5-10(15)6-1-2-6/h3-4,6,10H,1-2,5,15H2,(H,16,18). The van der Waals surface area contributed by atoms with E-state index in [9.17, 15) is 14.9 Å². The summed E-state index contributed by atoms with van der Waals surface area (Å²) in [6.07, 6.45) is 2.14. The van der Waals surface area contributed by atoms with E-state index in [2.05, 4.69) is 5.32 Å². The Labute approximate surface area is 125 Å². The fourth-order valence-electron chi connectivity index (χ4n) is 1.84. The van der Waals surface area contributed by atoms with Gasteiger partial charge in [0.25, 0.3) is 11.6 Å². The molecule has 1 saturated carbocycles. The zero-order valence-corrected chi connectivity index (χ0v) is 11.9. The maximum atomic E-state index is 12.0. The Morgan fingerprint density at radius 2 is 2.15 bits per heavy atom. The lowest BCUT2D eigenvalue weighted by Gasteiger charge is -2.12. The van der Waals surface area contributed by atoms with Crippen LogP contribution in [0.5, 0.6) is 0 Å². The number of nitrogens with one attached hydrogen (secondary N) is 1. The van der Waals surface area contributed by atoms with Crippen molar-refractivity contribution in [3.63, 3.8) is 0 Å². The molecule has 3 N–H and O–H groups in total. The molecule has 8 heteroatoms. The van der Waals surface area contributed by atoms with Crippen molar-refractivity contribution in [2.45, 2.75) is 18.9 Å². The number of carbonyl (C=O) groups is 1. The van der Waals surface area contributed by atoms with Crippen LogP contribution >= 0.6 is 23.2 Å². The lowest BCUT2D eigenvalue weighted by molar-refractivity contribution is -0.384. The van der Waals surface area contributed by atoms with Gasteiger partial charge in [-0.3, -0.25) is 14.9 Å². The predicted molar refractivity (Wildman–Crippen MR) is 76.1 cm³/mol. The molecule has 1 aromatic carbocycles. The van der Waals surface area contributed by atoms with Gasteiger partial charge in [-0.05, 0) is 18.8 Å². The molecule has 0 aromatic heterocycles. The Morgan fingerprint density at radius 1 is 1.50 bits per heavy atom. The predicted octanol–water partition coefficient (Wildman–Crippen LogP) is 2.37. The highest BCUT2D eigenvalue weighted by molar-refractivity contribution is 6.44.